The van der Waals surface area contributed by atoms with Crippen molar-refractivity contribution in [1.29, 1.82) is 0 Å². The van der Waals surface area contributed by atoms with Gasteiger partial charge in [-0.25, -0.2) is 0 Å². The van der Waals surface area contributed by atoms with Gasteiger partial charge in [-0.1, -0.05) is 160 Å². The first-order valence-corrected chi connectivity index (χ1v) is 15.5. The van der Waals surface area contributed by atoms with Crippen LogP contribution < -0.4 is 0 Å². The quantitative estimate of drug-likeness (QED) is 0.188. The van der Waals surface area contributed by atoms with Crippen molar-refractivity contribution >= 4 is 43.1 Å². The van der Waals surface area contributed by atoms with Crippen molar-refractivity contribution in [1.82, 2.24) is 0 Å². The molecular weight excluding hydrogens is 528 g/mol. The highest BCUT2D eigenvalue weighted by atomic mass is 14.3. The van der Waals surface area contributed by atoms with Crippen molar-refractivity contribution in [2.24, 2.45) is 0 Å². The van der Waals surface area contributed by atoms with Crippen LogP contribution in [0.4, 0.5) is 0 Å². The van der Waals surface area contributed by atoms with Crippen molar-refractivity contribution in [2.45, 2.75) is 26.2 Å². The Morgan fingerprint density at radius 1 is 0.341 bits per heavy atom. The van der Waals surface area contributed by atoms with Crippen LogP contribution in [-0.4, -0.2) is 0 Å². The number of fused-ring (bicyclic) bond motifs is 4. The summed E-state index contributed by atoms with van der Waals surface area (Å²) in [6.07, 6.45) is 0. The van der Waals surface area contributed by atoms with Gasteiger partial charge in [0.25, 0.3) is 0 Å². The Balaban J connectivity index is 1.61. The topological polar surface area (TPSA) is 0 Å². The third-order valence-corrected chi connectivity index (χ3v) is 9.21. The lowest BCUT2D eigenvalue weighted by Crippen LogP contribution is -2.10. The molecule has 8 aromatic rings. The molecule has 0 radical (unpaired) electrons. The molecule has 0 fully saturated rings. The van der Waals surface area contributed by atoms with Gasteiger partial charge in [0.05, 0.1) is 0 Å². The molecule has 0 bridgehead atoms. The average Bonchev–Trinajstić information content (AvgIpc) is 3.06. The highest BCUT2D eigenvalue weighted by molar-refractivity contribution is 6.25. The van der Waals surface area contributed by atoms with Crippen LogP contribution in [0.1, 0.15) is 26.3 Å². The number of hydrogen-bond donors (Lipinski definition) is 0. The van der Waals surface area contributed by atoms with E-state index in [0.717, 1.165) is 0 Å². The van der Waals surface area contributed by atoms with Gasteiger partial charge in [-0.2, -0.15) is 0 Å². The van der Waals surface area contributed by atoms with Gasteiger partial charge in [-0.3, -0.25) is 0 Å². The van der Waals surface area contributed by atoms with E-state index in [1.54, 1.807) is 0 Å². The molecule has 0 aromatic heterocycles. The number of benzene rings is 8. The van der Waals surface area contributed by atoms with Crippen LogP contribution in [0.15, 0.2) is 152 Å². The van der Waals surface area contributed by atoms with Gasteiger partial charge in [0.1, 0.15) is 0 Å². The average molecular weight is 563 g/mol. The maximum Gasteiger partial charge on any atom is -0.00199 e. The van der Waals surface area contributed by atoms with Gasteiger partial charge in [0, 0.05) is 0 Å². The summed E-state index contributed by atoms with van der Waals surface area (Å²) in [6, 6.07) is 56.1. The Kier molecular flexibility index (Phi) is 6.13. The van der Waals surface area contributed by atoms with Crippen molar-refractivity contribution < 1.29 is 0 Å². The number of hydrogen-bond acceptors (Lipinski definition) is 0. The molecule has 44 heavy (non-hydrogen) atoms. The fraction of sp³-hybridized carbons (Fsp3) is 0.0909. The molecule has 0 atom stereocenters. The molecule has 0 aliphatic rings. The Morgan fingerprint density at radius 3 is 1.43 bits per heavy atom. The summed E-state index contributed by atoms with van der Waals surface area (Å²) >= 11 is 0. The zero-order valence-electron chi connectivity index (χ0n) is 25.4. The first-order chi connectivity index (χ1) is 21.5. The predicted molar refractivity (Wildman–Crippen MR) is 191 cm³/mol. The molecular formula is C44H34. The Morgan fingerprint density at radius 2 is 0.841 bits per heavy atom. The minimum atomic E-state index is 0.0238. The van der Waals surface area contributed by atoms with Crippen LogP contribution in [0.5, 0.6) is 0 Å². The second-order valence-electron chi connectivity index (χ2n) is 12.9. The smallest absolute Gasteiger partial charge is 0.00199 e. The van der Waals surface area contributed by atoms with Gasteiger partial charge in [-0.05, 0) is 99.6 Å². The van der Waals surface area contributed by atoms with E-state index in [-0.39, 0.29) is 5.41 Å². The molecule has 8 rings (SSSR count). The first-order valence-electron chi connectivity index (χ1n) is 15.5. The summed E-state index contributed by atoms with van der Waals surface area (Å²) in [5, 5.41) is 10.2. The monoisotopic (exact) mass is 562 g/mol. The van der Waals surface area contributed by atoms with Gasteiger partial charge >= 0.3 is 0 Å². The summed E-state index contributed by atoms with van der Waals surface area (Å²) < 4.78 is 0. The van der Waals surface area contributed by atoms with E-state index in [1.807, 2.05) is 0 Å². The van der Waals surface area contributed by atoms with Gasteiger partial charge in [-0.15, -0.1) is 0 Å². The summed E-state index contributed by atoms with van der Waals surface area (Å²) in [6.45, 7) is 6.93. The van der Waals surface area contributed by atoms with Crippen molar-refractivity contribution in [2.75, 3.05) is 0 Å². The van der Waals surface area contributed by atoms with Crippen LogP contribution in [0, 0.1) is 0 Å². The maximum absolute atomic E-state index is 2.46. The molecule has 0 heteroatoms. The molecule has 0 nitrogen and oxygen atoms in total. The molecule has 0 amide bonds. The lowest BCUT2D eigenvalue weighted by atomic mass is 9.80. The molecule has 210 valence electrons. The Labute approximate surface area is 259 Å². The Bertz CT molecular complexity index is 2340. The normalized spacial score (nSPS) is 12.0. The minimum Gasteiger partial charge on any atom is -0.0622 e. The molecule has 0 saturated heterocycles. The van der Waals surface area contributed by atoms with Crippen molar-refractivity contribution in [3.8, 4) is 33.4 Å². The molecule has 0 spiro atoms. The zero-order chi connectivity index (χ0) is 29.8. The molecule has 0 aliphatic carbocycles. The van der Waals surface area contributed by atoms with E-state index in [4.69, 9.17) is 0 Å². The third kappa shape index (κ3) is 4.29. The maximum atomic E-state index is 2.46. The van der Waals surface area contributed by atoms with E-state index in [9.17, 15) is 0 Å². The highest BCUT2D eigenvalue weighted by Crippen LogP contribution is 2.48. The Hall–Kier alpha value is -5.20. The molecule has 0 unspecified atom stereocenters. The van der Waals surface area contributed by atoms with Gasteiger partial charge in [0.15, 0.2) is 0 Å². The summed E-state index contributed by atoms with van der Waals surface area (Å²) in [5.74, 6) is 0. The van der Waals surface area contributed by atoms with Crippen LogP contribution >= 0.6 is 0 Å². The van der Waals surface area contributed by atoms with Crippen LogP contribution in [0.3, 0.4) is 0 Å². The molecule has 0 aliphatic heterocycles. The second-order valence-corrected chi connectivity index (χ2v) is 12.9. The van der Waals surface area contributed by atoms with Crippen LogP contribution in [0.2, 0.25) is 0 Å². The highest BCUT2D eigenvalue weighted by Gasteiger charge is 2.22. The SMILES string of the molecule is CC(C)(C)c1ccc2c(-c3cccc4ccccc34)c3cc(-c4ccccc4)ccc3c(-c3cccc4ccccc34)c2c1. The summed E-state index contributed by atoms with van der Waals surface area (Å²) in [5.41, 5.74) is 8.99. The molecule has 0 saturated carbocycles. The predicted octanol–water partition coefficient (Wildman–Crippen LogP) is 12.6. The van der Waals surface area contributed by atoms with Gasteiger partial charge < -0.3 is 0 Å². The van der Waals surface area contributed by atoms with Gasteiger partial charge in [0.2, 0.25) is 0 Å². The lowest BCUT2D eigenvalue weighted by Gasteiger charge is -2.24. The molecule has 0 N–H and O–H groups in total. The standard InChI is InChI=1S/C44H34/c1-44(2,3)33-24-26-39-41(28-33)43(37-22-12-18-31-16-8-10-20-35(31)37)38-25-23-32(29-13-5-4-6-14-29)27-40(38)42(39)36-21-11-17-30-15-7-9-19-34(30)36/h4-28H,1-3H3. The minimum absolute atomic E-state index is 0.0238. The summed E-state index contributed by atoms with van der Waals surface area (Å²) in [4.78, 5) is 0. The zero-order valence-corrected chi connectivity index (χ0v) is 25.4. The largest absolute Gasteiger partial charge is 0.0622 e. The van der Waals surface area contributed by atoms with Crippen LogP contribution in [-0.2, 0) is 5.41 Å². The van der Waals surface area contributed by atoms with Crippen LogP contribution in [0.25, 0.3) is 76.5 Å². The van der Waals surface area contributed by atoms with E-state index in [2.05, 4.69) is 172 Å². The first kappa shape index (κ1) is 26.4. The van der Waals surface area contributed by atoms with E-state index >= 15 is 0 Å². The lowest BCUT2D eigenvalue weighted by molar-refractivity contribution is 0.591. The number of rotatable bonds is 3. The third-order valence-electron chi connectivity index (χ3n) is 9.21. The van der Waals surface area contributed by atoms with E-state index in [1.165, 1.54) is 82.0 Å². The fourth-order valence-electron chi connectivity index (χ4n) is 6.97. The second kappa shape index (κ2) is 10.2. The fourth-order valence-corrected chi connectivity index (χ4v) is 6.97. The van der Waals surface area contributed by atoms with Crippen molar-refractivity contribution in [3.05, 3.63) is 157 Å². The van der Waals surface area contributed by atoms with Crippen molar-refractivity contribution in [3.63, 3.8) is 0 Å². The summed E-state index contributed by atoms with van der Waals surface area (Å²) in [7, 11) is 0. The molecule has 8 aromatic carbocycles. The van der Waals surface area contributed by atoms with E-state index in [0.29, 0.717) is 0 Å². The molecule has 0 heterocycles. The van der Waals surface area contributed by atoms with E-state index < -0.39 is 0 Å².